The maximum Gasteiger partial charge on any atom is 0.490 e. The molecule has 1 aliphatic carbocycles. The van der Waals surface area contributed by atoms with Crippen molar-refractivity contribution in [2.24, 2.45) is 0 Å². The molecule has 0 bridgehead atoms. The summed E-state index contributed by atoms with van der Waals surface area (Å²) < 4.78 is 60.0. The van der Waals surface area contributed by atoms with Gasteiger partial charge in [-0.2, -0.15) is 13.2 Å². The van der Waals surface area contributed by atoms with E-state index in [-0.39, 0.29) is 16.1 Å². The van der Waals surface area contributed by atoms with Gasteiger partial charge in [-0.1, -0.05) is 44.7 Å². The lowest BCUT2D eigenvalue weighted by molar-refractivity contribution is -0.192. The summed E-state index contributed by atoms with van der Waals surface area (Å²) in [7, 11) is -3.85. The highest BCUT2D eigenvalue weighted by molar-refractivity contribution is 7.92. The van der Waals surface area contributed by atoms with Gasteiger partial charge in [0.15, 0.2) is 0 Å². The van der Waals surface area contributed by atoms with Gasteiger partial charge in [0, 0.05) is 13.1 Å². The molecule has 1 aromatic carbocycles. The highest BCUT2D eigenvalue weighted by Crippen LogP contribution is 2.33. The van der Waals surface area contributed by atoms with Crippen LogP contribution in [0.25, 0.3) is 0 Å². The highest BCUT2D eigenvalue weighted by Gasteiger charge is 2.38. The zero-order valence-corrected chi connectivity index (χ0v) is 22.7. The SMILES string of the molecule is CCCCN(CC)c1ncc(NS(=O)(=O)c2ccc(C3CCCCC3)cc2)cc1C(=O)O.O=C(O)C(F)(F)F. The van der Waals surface area contributed by atoms with Crippen LogP contribution >= 0.6 is 0 Å². The third-order valence-corrected chi connectivity index (χ3v) is 7.72. The summed E-state index contributed by atoms with van der Waals surface area (Å²) in [5, 5.41) is 16.8. The molecule has 0 spiro atoms. The zero-order valence-electron chi connectivity index (χ0n) is 21.9. The van der Waals surface area contributed by atoms with Crippen LogP contribution in [0.5, 0.6) is 0 Å². The van der Waals surface area contributed by atoms with Crippen LogP contribution in [-0.4, -0.2) is 54.8 Å². The first-order valence-corrected chi connectivity index (χ1v) is 14.2. The maximum atomic E-state index is 12.9. The van der Waals surface area contributed by atoms with Crippen molar-refractivity contribution in [3.05, 3.63) is 47.7 Å². The predicted molar refractivity (Wildman–Crippen MR) is 141 cm³/mol. The molecule has 216 valence electrons. The number of aromatic nitrogens is 1. The average Bonchev–Trinajstić information content (AvgIpc) is 2.89. The van der Waals surface area contributed by atoms with Gasteiger partial charge < -0.3 is 15.1 Å². The Bertz CT molecular complexity index is 1210. The van der Waals surface area contributed by atoms with Crippen molar-refractivity contribution in [1.29, 1.82) is 0 Å². The number of pyridine rings is 1. The Kier molecular flexibility index (Phi) is 11.6. The summed E-state index contributed by atoms with van der Waals surface area (Å²) in [5.74, 6) is -3.04. The number of carbonyl (C=O) groups is 2. The van der Waals surface area contributed by atoms with Gasteiger partial charge in [0.05, 0.1) is 16.8 Å². The van der Waals surface area contributed by atoms with E-state index in [0.717, 1.165) is 25.7 Å². The van der Waals surface area contributed by atoms with Gasteiger partial charge in [0.2, 0.25) is 0 Å². The van der Waals surface area contributed by atoms with E-state index in [9.17, 15) is 31.5 Å². The molecule has 3 N–H and O–H groups in total. The number of carboxylic acids is 2. The van der Waals surface area contributed by atoms with Crippen molar-refractivity contribution in [3.63, 3.8) is 0 Å². The Hall–Kier alpha value is -3.35. The number of rotatable bonds is 10. The molecule has 0 saturated heterocycles. The van der Waals surface area contributed by atoms with Crippen LogP contribution in [0.3, 0.4) is 0 Å². The molecular weight excluding hydrogens is 539 g/mol. The summed E-state index contributed by atoms with van der Waals surface area (Å²) in [6.45, 7) is 5.32. The topological polar surface area (TPSA) is 137 Å². The maximum absolute atomic E-state index is 12.9. The van der Waals surface area contributed by atoms with Crippen LogP contribution < -0.4 is 9.62 Å². The number of aliphatic carboxylic acids is 1. The Morgan fingerprint density at radius 1 is 1.08 bits per heavy atom. The standard InChI is InChI=1S/C24H33N3O4S.C2HF3O2/c1-3-5-15-27(4-2)23-22(24(28)29)16-20(17-25-23)26-32(30,31)21-13-11-19(12-14-21)18-9-7-6-8-10-18;3-2(4,5)1(6)7/h11-14,16-18,26H,3-10,15H2,1-2H3,(H,28,29);(H,6,7). The van der Waals surface area contributed by atoms with E-state index in [1.165, 1.54) is 37.1 Å². The van der Waals surface area contributed by atoms with Crippen molar-refractivity contribution >= 4 is 33.5 Å². The van der Waals surface area contributed by atoms with Gasteiger partial charge in [0.25, 0.3) is 10.0 Å². The summed E-state index contributed by atoms with van der Waals surface area (Å²) >= 11 is 0. The van der Waals surface area contributed by atoms with E-state index >= 15 is 0 Å². The van der Waals surface area contributed by atoms with E-state index in [2.05, 4.69) is 16.6 Å². The minimum atomic E-state index is -5.08. The lowest BCUT2D eigenvalue weighted by atomic mass is 9.84. The number of nitrogens with one attached hydrogen (secondary N) is 1. The number of aromatic carboxylic acids is 1. The second-order valence-electron chi connectivity index (χ2n) is 9.15. The Labute approximate surface area is 226 Å². The third kappa shape index (κ3) is 9.41. The lowest BCUT2D eigenvalue weighted by Gasteiger charge is -2.23. The second-order valence-corrected chi connectivity index (χ2v) is 10.8. The summed E-state index contributed by atoms with van der Waals surface area (Å²) in [5.41, 5.74) is 1.29. The van der Waals surface area contributed by atoms with Gasteiger partial charge in [-0.3, -0.25) is 4.72 Å². The molecule has 1 fully saturated rings. The number of unbranched alkanes of at least 4 members (excludes halogenated alkanes) is 1. The van der Waals surface area contributed by atoms with Gasteiger partial charge in [-0.25, -0.2) is 23.0 Å². The zero-order chi connectivity index (χ0) is 29.2. The molecule has 1 heterocycles. The number of hydrogen-bond acceptors (Lipinski definition) is 6. The largest absolute Gasteiger partial charge is 0.490 e. The molecule has 2 aromatic rings. The smallest absolute Gasteiger partial charge is 0.478 e. The molecule has 0 unspecified atom stereocenters. The predicted octanol–water partition coefficient (Wildman–Crippen LogP) is 5.89. The lowest BCUT2D eigenvalue weighted by Crippen LogP contribution is -2.27. The summed E-state index contributed by atoms with van der Waals surface area (Å²) in [4.78, 5) is 27.1. The number of nitrogens with zero attached hydrogens (tertiary/aromatic N) is 2. The van der Waals surface area contributed by atoms with Crippen LogP contribution in [0.2, 0.25) is 0 Å². The normalized spacial score (nSPS) is 14.2. The fraction of sp³-hybridized carbons (Fsp3) is 0.500. The molecule has 13 heteroatoms. The monoisotopic (exact) mass is 573 g/mol. The minimum Gasteiger partial charge on any atom is -0.478 e. The number of alkyl halides is 3. The van der Waals surface area contributed by atoms with Crippen LogP contribution in [-0.2, 0) is 14.8 Å². The van der Waals surface area contributed by atoms with Crippen molar-refractivity contribution in [3.8, 4) is 0 Å². The van der Waals surface area contributed by atoms with Crippen LogP contribution in [0.4, 0.5) is 24.7 Å². The van der Waals surface area contributed by atoms with Crippen LogP contribution in [0.15, 0.2) is 41.4 Å². The molecule has 9 nitrogen and oxygen atoms in total. The van der Waals surface area contributed by atoms with E-state index in [1.807, 2.05) is 24.0 Å². The fourth-order valence-electron chi connectivity index (χ4n) is 4.25. The average molecular weight is 574 g/mol. The molecule has 3 rings (SSSR count). The van der Waals surface area contributed by atoms with Crippen molar-refractivity contribution in [2.75, 3.05) is 22.7 Å². The highest BCUT2D eigenvalue weighted by atomic mass is 32.2. The number of halogens is 3. The minimum absolute atomic E-state index is 0.0178. The Balaban J connectivity index is 0.000000673. The molecule has 39 heavy (non-hydrogen) atoms. The first kappa shape index (κ1) is 31.9. The van der Waals surface area contributed by atoms with Gasteiger partial charge in [0.1, 0.15) is 11.4 Å². The molecule has 1 saturated carbocycles. The number of sulfonamides is 1. The van der Waals surface area contributed by atoms with E-state index in [1.54, 1.807) is 12.1 Å². The number of benzene rings is 1. The first-order valence-electron chi connectivity index (χ1n) is 12.7. The molecule has 0 radical (unpaired) electrons. The van der Waals surface area contributed by atoms with E-state index < -0.39 is 28.1 Å². The van der Waals surface area contributed by atoms with E-state index in [0.29, 0.717) is 24.8 Å². The quantitative estimate of drug-likeness (QED) is 0.320. The van der Waals surface area contributed by atoms with E-state index in [4.69, 9.17) is 9.90 Å². The van der Waals surface area contributed by atoms with Gasteiger partial charge in [-0.05, 0) is 55.9 Å². The van der Waals surface area contributed by atoms with Crippen molar-refractivity contribution in [1.82, 2.24) is 4.98 Å². The van der Waals surface area contributed by atoms with Gasteiger partial charge in [-0.15, -0.1) is 0 Å². The molecular formula is C26H34F3N3O6S. The second kappa shape index (κ2) is 14.2. The Morgan fingerprint density at radius 2 is 1.67 bits per heavy atom. The number of carboxylic acid groups (broad SMARTS) is 2. The number of anilines is 2. The Morgan fingerprint density at radius 3 is 2.15 bits per heavy atom. The molecule has 0 atom stereocenters. The fourth-order valence-corrected chi connectivity index (χ4v) is 5.29. The summed E-state index contributed by atoms with van der Waals surface area (Å²) in [6.07, 6.45) is 4.19. The first-order chi connectivity index (χ1) is 18.3. The van der Waals surface area contributed by atoms with Crippen LogP contribution in [0.1, 0.15) is 80.6 Å². The molecule has 0 amide bonds. The number of hydrogen-bond donors (Lipinski definition) is 3. The van der Waals surface area contributed by atoms with Crippen molar-refractivity contribution < 1.29 is 41.4 Å². The molecule has 1 aliphatic rings. The summed E-state index contributed by atoms with van der Waals surface area (Å²) in [6, 6.07) is 8.36. The van der Waals surface area contributed by atoms with Gasteiger partial charge >= 0.3 is 18.1 Å². The molecule has 0 aliphatic heterocycles. The van der Waals surface area contributed by atoms with Crippen LogP contribution in [0, 0.1) is 0 Å². The third-order valence-electron chi connectivity index (χ3n) is 6.32. The molecule has 1 aromatic heterocycles. The van der Waals surface area contributed by atoms with Crippen molar-refractivity contribution in [2.45, 2.75) is 75.8 Å².